The molecular weight excluding hydrogens is 370 g/mol. The Hall–Kier alpha value is -2.93. The standard InChI is InChI=1S/C19H18ClN3O4/c1-13(24)14-6-7-17(18(12-14)23(26)27)21-8-10-22(11-9-21)19(25)15-4-2-3-5-16(15)20/h2-7,12H,8-11H2,1H3. The van der Waals surface area contributed by atoms with E-state index in [4.69, 9.17) is 11.6 Å². The molecule has 1 saturated heterocycles. The third-order valence-corrected chi connectivity index (χ3v) is 4.92. The second kappa shape index (κ2) is 7.75. The quantitative estimate of drug-likeness (QED) is 0.456. The van der Waals surface area contributed by atoms with Gasteiger partial charge in [0.15, 0.2) is 5.78 Å². The van der Waals surface area contributed by atoms with E-state index in [0.29, 0.717) is 48.0 Å². The van der Waals surface area contributed by atoms with Crippen LogP contribution in [0.25, 0.3) is 0 Å². The predicted octanol–water partition coefficient (Wildman–Crippen LogP) is 3.41. The van der Waals surface area contributed by atoms with Crippen molar-refractivity contribution in [3.8, 4) is 0 Å². The lowest BCUT2D eigenvalue weighted by atomic mass is 10.1. The van der Waals surface area contributed by atoms with Crippen LogP contribution in [0.1, 0.15) is 27.6 Å². The average molecular weight is 388 g/mol. The van der Waals surface area contributed by atoms with Gasteiger partial charge in [-0.15, -0.1) is 0 Å². The molecule has 1 heterocycles. The van der Waals surface area contributed by atoms with Crippen molar-refractivity contribution in [3.05, 3.63) is 68.7 Å². The minimum absolute atomic E-state index is 0.103. The first-order chi connectivity index (χ1) is 12.9. The number of ketones is 1. The van der Waals surface area contributed by atoms with Gasteiger partial charge in [-0.3, -0.25) is 19.7 Å². The Morgan fingerprint density at radius 2 is 1.74 bits per heavy atom. The summed E-state index contributed by atoms with van der Waals surface area (Å²) in [7, 11) is 0. The lowest BCUT2D eigenvalue weighted by Gasteiger charge is -2.36. The Morgan fingerprint density at radius 3 is 2.33 bits per heavy atom. The number of nitrogens with zero attached hydrogens (tertiary/aromatic N) is 3. The maximum Gasteiger partial charge on any atom is 0.293 e. The van der Waals surface area contributed by atoms with Gasteiger partial charge in [-0.2, -0.15) is 0 Å². The fourth-order valence-corrected chi connectivity index (χ4v) is 3.33. The number of benzene rings is 2. The zero-order valence-electron chi connectivity index (χ0n) is 14.7. The van der Waals surface area contributed by atoms with Crippen molar-refractivity contribution in [3.63, 3.8) is 0 Å². The van der Waals surface area contributed by atoms with E-state index in [1.54, 1.807) is 41.3 Å². The van der Waals surface area contributed by atoms with Crippen LogP contribution in [0.15, 0.2) is 42.5 Å². The molecule has 1 amide bonds. The minimum Gasteiger partial charge on any atom is -0.362 e. The van der Waals surface area contributed by atoms with Crippen LogP contribution in [0.2, 0.25) is 5.02 Å². The first-order valence-electron chi connectivity index (χ1n) is 8.46. The molecule has 0 saturated carbocycles. The number of amides is 1. The Labute approximate surface area is 161 Å². The number of Topliss-reactive ketones (excluding diaryl/α,β-unsaturated/α-hetero) is 1. The van der Waals surface area contributed by atoms with Crippen LogP contribution in [0.3, 0.4) is 0 Å². The van der Waals surface area contributed by atoms with Gasteiger partial charge in [0.25, 0.3) is 11.6 Å². The van der Waals surface area contributed by atoms with Crippen molar-refractivity contribution in [1.29, 1.82) is 0 Å². The predicted molar refractivity (Wildman–Crippen MR) is 103 cm³/mol. The van der Waals surface area contributed by atoms with Crippen molar-refractivity contribution in [2.75, 3.05) is 31.1 Å². The molecule has 7 nitrogen and oxygen atoms in total. The summed E-state index contributed by atoms with van der Waals surface area (Å²) in [6.07, 6.45) is 0. The number of nitro groups is 1. The second-order valence-electron chi connectivity index (χ2n) is 6.28. The number of hydrogen-bond acceptors (Lipinski definition) is 5. The minimum atomic E-state index is -0.483. The fraction of sp³-hybridized carbons (Fsp3) is 0.263. The van der Waals surface area contributed by atoms with Gasteiger partial charge >= 0.3 is 0 Å². The molecule has 3 rings (SSSR count). The van der Waals surface area contributed by atoms with E-state index in [1.807, 2.05) is 4.90 Å². The summed E-state index contributed by atoms with van der Waals surface area (Å²) in [5.41, 5.74) is 1.10. The fourth-order valence-electron chi connectivity index (χ4n) is 3.11. The highest BCUT2D eigenvalue weighted by molar-refractivity contribution is 6.33. The average Bonchev–Trinajstić information content (AvgIpc) is 2.67. The van der Waals surface area contributed by atoms with E-state index in [9.17, 15) is 19.7 Å². The van der Waals surface area contributed by atoms with E-state index in [1.165, 1.54) is 13.0 Å². The maximum absolute atomic E-state index is 12.6. The molecule has 2 aromatic rings. The lowest BCUT2D eigenvalue weighted by Crippen LogP contribution is -2.49. The Morgan fingerprint density at radius 1 is 1.07 bits per heavy atom. The molecule has 0 bridgehead atoms. The van der Waals surface area contributed by atoms with Crippen LogP contribution in [-0.2, 0) is 0 Å². The number of anilines is 1. The topological polar surface area (TPSA) is 83.8 Å². The van der Waals surface area contributed by atoms with Crippen molar-refractivity contribution in [1.82, 2.24) is 4.90 Å². The summed E-state index contributed by atoms with van der Waals surface area (Å²) < 4.78 is 0. The number of rotatable bonds is 4. The van der Waals surface area contributed by atoms with E-state index < -0.39 is 4.92 Å². The summed E-state index contributed by atoms with van der Waals surface area (Å²) in [6.45, 7) is 3.13. The number of carbonyl (C=O) groups excluding carboxylic acids is 2. The van der Waals surface area contributed by atoms with Crippen LogP contribution >= 0.6 is 11.6 Å². The highest BCUT2D eigenvalue weighted by Crippen LogP contribution is 2.30. The highest BCUT2D eigenvalue weighted by atomic mass is 35.5. The molecule has 8 heteroatoms. The van der Waals surface area contributed by atoms with Crippen LogP contribution in [0.5, 0.6) is 0 Å². The van der Waals surface area contributed by atoms with Crippen molar-refractivity contribution >= 4 is 34.7 Å². The van der Waals surface area contributed by atoms with Gasteiger partial charge in [0, 0.05) is 37.8 Å². The first kappa shape index (κ1) is 18.8. The normalized spacial score (nSPS) is 14.1. The molecule has 0 spiro atoms. The molecule has 140 valence electrons. The van der Waals surface area contributed by atoms with Gasteiger partial charge in [0.1, 0.15) is 5.69 Å². The number of nitro benzene ring substituents is 1. The smallest absolute Gasteiger partial charge is 0.293 e. The number of hydrogen-bond donors (Lipinski definition) is 0. The Balaban J connectivity index is 1.76. The summed E-state index contributed by atoms with van der Waals surface area (Å²) in [4.78, 5) is 38.6. The van der Waals surface area contributed by atoms with Crippen molar-refractivity contribution in [2.45, 2.75) is 6.92 Å². The van der Waals surface area contributed by atoms with Gasteiger partial charge < -0.3 is 9.80 Å². The summed E-state index contributed by atoms with van der Waals surface area (Å²) >= 11 is 6.10. The molecule has 27 heavy (non-hydrogen) atoms. The van der Waals surface area contributed by atoms with Crippen LogP contribution in [-0.4, -0.2) is 47.7 Å². The van der Waals surface area contributed by atoms with Crippen LogP contribution in [0.4, 0.5) is 11.4 Å². The monoisotopic (exact) mass is 387 g/mol. The molecule has 0 unspecified atom stereocenters. The number of piperazine rings is 1. The molecule has 2 aromatic carbocycles. The van der Waals surface area contributed by atoms with Crippen LogP contribution in [0, 0.1) is 10.1 Å². The SMILES string of the molecule is CC(=O)c1ccc(N2CCN(C(=O)c3ccccc3Cl)CC2)c([N+](=O)[O-])c1. The molecule has 1 aliphatic heterocycles. The van der Waals surface area contributed by atoms with Gasteiger partial charge in [0.05, 0.1) is 15.5 Å². The zero-order chi connectivity index (χ0) is 19.6. The zero-order valence-corrected chi connectivity index (χ0v) is 15.5. The van der Waals surface area contributed by atoms with Gasteiger partial charge in [-0.1, -0.05) is 23.7 Å². The Kier molecular flexibility index (Phi) is 5.41. The summed E-state index contributed by atoms with van der Waals surface area (Å²) in [6, 6.07) is 11.4. The maximum atomic E-state index is 12.6. The number of carbonyl (C=O) groups is 2. The molecule has 0 aliphatic carbocycles. The molecule has 0 N–H and O–H groups in total. The van der Waals surface area contributed by atoms with Crippen LogP contribution < -0.4 is 4.90 Å². The third-order valence-electron chi connectivity index (χ3n) is 4.59. The van der Waals surface area contributed by atoms with E-state index in [-0.39, 0.29) is 17.4 Å². The van der Waals surface area contributed by atoms with E-state index in [2.05, 4.69) is 0 Å². The molecule has 1 fully saturated rings. The van der Waals surface area contributed by atoms with Crippen molar-refractivity contribution in [2.24, 2.45) is 0 Å². The summed E-state index contributed by atoms with van der Waals surface area (Å²) in [5.74, 6) is -0.374. The molecule has 0 aromatic heterocycles. The molecular formula is C19H18ClN3O4. The number of halogens is 1. The lowest BCUT2D eigenvalue weighted by molar-refractivity contribution is -0.384. The van der Waals surface area contributed by atoms with Gasteiger partial charge in [-0.25, -0.2) is 0 Å². The first-order valence-corrected chi connectivity index (χ1v) is 8.84. The Bertz CT molecular complexity index is 908. The van der Waals surface area contributed by atoms with Gasteiger partial charge in [-0.05, 0) is 31.2 Å². The van der Waals surface area contributed by atoms with E-state index >= 15 is 0 Å². The third kappa shape index (κ3) is 3.93. The largest absolute Gasteiger partial charge is 0.362 e. The van der Waals surface area contributed by atoms with E-state index in [0.717, 1.165) is 0 Å². The molecule has 1 aliphatic rings. The highest BCUT2D eigenvalue weighted by Gasteiger charge is 2.27. The van der Waals surface area contributed by atoms with Crippen molar-refractivity contribution < 1.29 is 14.5 Å². The second-order valence-corrected chi connectivity index (χ2v) is 6.68. The van der Waals surface area contributed by atoms with Gasteiger partial charge in [0.2, 0.25) is 0 Å². The molecule has 0 atom stereocenters. The molecule has 0 radical (unpaired) electrons. The summed E-state index contributed by atoms with van der Waals surface area (Å²) in [5, 5.41) is 11.8.